The van der Waals surface area contributed by atoms with Crippen molar-refractivity contribution < 1.29 is 9.85 Å². The van der Waals surface area contributed by atoms with Gasteiger partial charge in [-0.25, -0.2) is 0 Å². The number of nitro benzene ring substituents is 2. The molecule has 0 bridgehead atoms. The second-order valence-corrected chi connectivity index (χ2v) is 6.38. The van der Waals surface area contributed by atoms with Crippen LogP contribution in [0.25, 0.3) is 0 Å². The molecule has 1 aliphatic rings. The van der Waals surface area contributed by atoms with Crippen molar-refractivity contribution in [1.82, 2.24) is 0 Å². The average molecular weight is 306 g/mol. The summed E-state index contributed by atoms with van der Waals surface area (Å²) in [4.78, 5) is 20.4. The molecule has 0 unspecified atom stereocenters. The largest absolute Gasteiger partial charge is 0.301 e. The average Bonchev–Trinajstić information content (AvgIpc) is 2.68. The van der Waals surface area contributed by atoms with Gasteiger partial charge in [0.1, 0.15) is 5.69 Å². The number of hydrogen-bond donors (Lipinski definition) is 1. The Morgan fingerprint density at radius 2 is 1.95 bits per heavy atom. The summed E-state index contributed by atoms with van der Waals surface area (Å²) in [6.45, 7) is 6.38. The Bertz CT molecular complexity index is 654. The van der Waals surface area contributed by atoms with Gasteiger partial charge in [0, 0.05) is 11.8 Å². The number of nitro groups is 2. The Morgan fingerprint density at radius 1 is 1.27 bits per heavy atom. The van der Waals surface area contributed by atoms with Crippen LogP contribution in [0.2, 0.25) is 0 Å². The molecule has 118 valence electrons. The van der Waals surface area contributed by atoms with E-state index in [4.69, 9.17) is 0 Å². The lowest BCUT2D eigenvalue weighted by molar-refractivity contribution is -0.393. The highest BCUT2D eigenvalue weighted by atomic mass is 16.6. The van der Waals surface area contributed by atoms with Gasteiger partial charge < -0.3 is 0 Å². The van der Waals surface area contributed by atoms with Gasteiger partial charge in [0.25, 0.3) is 5.69 Å². The molecule has 0 heterocycles. The van der Waals surface area contributed by atoms with Crippen molar-refractivity contribution in [3.63, 3.8) is 0 Å². The lowest BCUT2D eigenvalue weighted by atomic mass is 9.91. The maximum Gasteiger partial charge on any atom is 0.301 e. The highest BCUT2D eigenvalue weighted by Gasteiger charge is 2.33. The fourth-order valence-corrected chi connectivity index (χ4v) is 2.84. The fraction of sp³-hybridized carbons (Fsp3) is 0.500. The van der Waals surface area contributed by atoms with Gasteiger partial charge in [-0.15, -0.1) is 0 Å². The minimum atomic E-state index is -0.662. The van der Waals surface area contributed by atoms with E-state index >= 15 is 0 Å². The summed E-state index contributed by atoms with van der Waals surface area (Å²) in [5, 5.41) is 26.0. The standard InChI is InChI=1S/C14H18N4O4/c1-9-7-14(2,3)8-12(9)16-15-11-5-4-10(17(19)20)6-13(11)18(21)22/h4-6,9,15H,7-8H2,1-3H3/b16-12+/t9-/m0/s1. The van der Waals surface area contributed by atoms with Crippen LogP contribution in [0.4, 0.5) is 17.1 Å². The summed E-state index contributed by atoms with van der Waals surface area (Å²) in [5.41, 5.74) is 3.29. The smallest absolute Gasteiger partial charge is 0.272 e. The van der Waals surface area contributed by atoms with Gasteiger partial charge >= 0.3 is 5.69 Å². The van der Waals surface area contributed by atoms with E-state index in [0.29, 0.717) is 5.92 Å². The van der Waals surface area contributed by atoms with Crippen LogP contribution in [0, 0.1) is 31.6 Å². The third kappa shape index (κ3) is 3.38. The van der Waals surface area contributed by atoms with Crippen LogP contribution in [-0.4, -0.2) is 15.6 Å². The van der Waals surface area contributed by atoms with E-state index in [0.717, 1.165) is 24.6 Å². The molecule has 1 aliphatic carbocycles. The number of nitrogens with zero attached hydrogens (tertiary/aromatic N) is 3. The van der Waals surface area contributed by atoms with Crippen molar-refractivity contribution in [3.8, 4) is 0 Å². The maximum absolute atomic E-state index is 11.1. The fourth-order valence-electron chi connectivity index (χ4n) is 2.84. The van der Waals surface area contributed by atoms with Crippen LogP contribution < -0.4 is 5.43 Å². The van der Waals surface area contributed by atoms with Crippen LogP contribution in [0.5, 0.6) is 0 Å². The molecule has 8 heteroatoms. The summed E-state index contributed by atoms with van der Waals surface area (Å²) >= 11 is 0. The Labute approximate surface area is 127 Å². The zero-order valence-electron chi connectivity index (χ0n) is 12.7. The highest BCUT2D eigenvalue weighted by Crippen LogP contribution is 2.39. The Morgan fingerprint density at radius 3 is 2.45 bits per heavy atom. The first-order valence-electron chi connectivity index (χ1n) is 6.95. The van der Waals surface area contributed by atoms with E-state index in [2.05, 4.69) is 31.3 Å². The minimum absolute atomic E-state index is 0.153. The van der Waals surface area contributed by atoms with Crippen molar-refractivity contribution in [2.24, 2.45) is 16.4 Å². The number of non-ortho nitro benzene ring substituents is 1. The first-order valence-corrected chi connectivity index (χ1v) is 6.95. The number of rotatable bonds is 4. The number of anilines is 1. The zero-order chi connectivity index (χ0) is 16.5. The molecule has 8 nitrogen and oxygen atoms in total. The van der Waals surface area contributed by atoms with Crippen molar-refractivity contribution in [2.45, 2.75) is 33.6 Å². The lowest BCUT2D eigenvalue weighted by Crippen LogP contribution is -2.07. The number of benzene rings is 1. The Hall–Kier alpha value is -2.51. The predicted octanol–water partition coefficient (Wildman–Crippen LogP) is 3.73. The molecule has 0 saturated heterocycles. The summed E-state index contributed by atoms with van der Waals surface area (Å²) < 4.78 is 0. The molecule has 1 atom stereocenters. The molecule has 2 rings (SSSR count). The van der Waals surface area contributed by atoms with Crippen molar-refractivity contribution in [3.05, 3.63) is 38.4 Å². The van der Waals surface area contributed by atoms with Crippen molar-refractivity contribution in [2.75, 3.05) is 5.43 Å². The molecule has 0 amide bonds. The second-order valence-electron chi connectivity index (χ2n) is 6.38. The molecule has 1 N–H and O–H groups in total. The third-order valence-corrected chi connectivity index (χ3v) is 3.80. The van der Waals surface area contributed by atoms with Crippen LogP contribution in [-0.2, 0) is 0 Å². The Kier molecular flexibility index (Phi) is 4.11. The van der Waals surface area contributed by atoms with Crippen LogP contribution in [0.3, 0.4) is 0 Å². The van der Waals surface area contributed by atoms with Gasteiger partial charge in [0.15, 0.2) is 0 Å². The maximum atomic E-state index is 11.1. The molecule has 1 aromatic rings. The molecular weight excluding hydrogens is 288 g/mol. The van der Waals surface area contributed by atoms with E-state index < -0.39 is 9.85 Å². The number of hydrogen-bond acceptors (Lipinski definition) is 6. The van der Waals surface area contributed by atoms with E-state index in [9.17, 15) is 20.2 Å². The molecule has 0 aliphatic heterocycles. The quantitative estimate of drug-likeness (QED) is 0.673. The molecule has 0 radical (unpaired) electrons. The number of nitrogens with one attached hydrogen (secondary N) is 1. The van der Waals surface area contributed by atoms with E-state index in [1.165, 1.54) is 12.1 Å². The third-order valence-electron chi connectivity index (χ3n) is 3.80. The first kappa shape index (κ1) is 15.9. The summed E-state index contributed by atoms with van der Waals surface area (Å²) in [6.07, 6.45) is 1.83. The zero-order valence-corrected chi connectivity index (χ0v) is 12.7. The van der Waals surface area contributed by atoms with Gasteiger partial charge in [0.05, 0.1) is 15.9 Å². The molecule has 0 aromatic heterocycles. The van der Waals surface area contributed by atoms with Crippen LogP contribution in [0.1, 0.15) is 33.6 Å². The molecule has 1 aromatic carbocycles. The summed E-state index contributed by atoms with van der Waals surface area (Å²) in [6, 6.07) is 3.47. The summed E-state index contributed by atoms with van der Waals surface area (Å²) in [5.74, 6) is 0.305. The van der Waals surface area contributed by atoms with E-state index in [1.807, 2.05) is 0 Å². The molecular formula is C14H18N4O4. The van der Waals surface area contributed by atoms with Gasteiger partial charge in [-0.1, -0.05) is 20.8 Å². The molecule has 1 fully saturated rings. The topological polar surface area (TPSA) is 111 Å². The van der Waals surface area contributed by atoms with Gasteiger partial charge in [-0.05, 0) is 30.2 Å². The predicted molar refractivity (Wildman–Crippen MR) is 83.0 cm³/mol. The number of hydrazone groups is 1. The van der Waals surface area contributed by atoms with Gasteiger partial charge in [-0.3, -0.25) is 25.7 Å². The summed E-state index contributed by atoms with van der Waals surface area (Å²) in [7, 11) is 0. The van der Waals surface area contributed by atoms with Crippen LogP contribution in [0.15, 0.2) is 23.3 Å². The second kappa shape index (κ2) is 5.70. The van der Waals surface area contributed by atoms with Gasteiger partial charge in [0.2, 0.25) is 0 Å². The molecule has 22 heavy (non-hydrogen) atoms. The molecule has 1 saturated carbocycles. The van der Waals surface area contributed by atoms with Gasteiger partial charge in [-0.2, -0.15) is 5.10 Å². The molecule has 0 spiro atoms. The normalized spacial score (nSPS) is 21.8. The van der Waals surface area contributed by atoms with E-state index in [1.54, 1.807) is 0 Å². The SMILES string of the molecule is C[C@H]1CC(C)(C)C/C1=N\Nc1ccc([N+](=O)[O-])cc1[N+](=O)[O-]. The lowest BCUT2D eigenvalue weighted by Gasteiger charge is -2.14. The van der Waals surface area contributed by atoms with Crippen LogP contribution >= 0.6 is 0 Å². The highest BCUT2D eigenvalue weighted by molar-refractivity contribution is 5.90. The minimum Gasteiger partial charge on any atom is -0.272 e. The first-order chi connectivity index (χ1) is 10.2. The van der Waals surface area contributed by atoms with E-state index in [-0.39, 0.29) is 22.5 Å². The van der Waals surface area contributed by atoms with Crippen molar-refractivity contribution in [1.29, 1.82) is 0 Å². The van der Waals surface area contributed by atoms with Crippen molar-refractivity contribution >= 4 is 22.8 Å². The monoisotopic (exact) mass is 306 g/mol. The Balaban J connectivity index is 2.27.